The van der Waals surface area contributed by atoms with Crippen LogP contribution in [0.2, 0.25) is 0 Å². The average Bonchev–Trinajstić information content (AvgIpc) is 2.98. The number of methoxy groups -OCH3 is 2. The van der Waals surface area contributed by atoms with E-state index in [0.29, 0.717) is 34.4 Å². The molecule has 4 rings (SSSR count). The highest BCUT2D eigenvalue weighted by Crippen LogP contribution is 2.38. The maximum atomic E-state index is 12.8. The molecule has 1 atom stereocenters. The zero-order valence-electron chi connectivity index (χ0n) is 20.3. The van der Waals surface area contributed by atoms with Crippen molar-refractivity contribution in [2.45, 2.75) is 19.4 Å². The van der Waals surface area contributed by atoms with Gasteiger partial charge in [0.2, 0.25) is 5.91 Å². The molecule has 7 nitrogen and oxygen atoms in total. The summed E-state index contributed by atoms with van der Waals surface area (Å²) in [6.45, 7) is 2.18. The molecule has 0 fully saturated rings. The molecule has 0 saturated heterocycles. The molecule has 0 bridgehead atoms. The Morgan fingerprint density at radius 2 is 1.54 bits per heavy atom. The van der Waals surface area contributed by atoms with E-state index in [1.54, 1.807) is 50.6 Å². The number of nitrogens with two attached hydrogens (primary N) is 1. The van der Waals surface area contributed by atoms with Gasteiger partial charge in [0, 0.05) is 41.7 Å². The van der Waals surface area contributed by atoms with Crippen LogP contribution < -0.4 is 20.5 Å². The Morgan fingerprint density at radius 3 is 2.14 bits per heavy atom. The Balaban J connectivity index is 1.63. The summed E-state index contributed by atoms with van der Waals surface area (Å²) in [6.07, 6.45) is 3.00. The summed E-state index contributed by atoms with van der Waals surface area (Å²) >= 11 is 0. The summed E-state index contributed by atoms with van der Waals surface area (Å²) < 4.78 is 11.1. The van der Waals surface area contributed by atoms with Crippen molar-refractivity contribution in [3.63, 3.8) is 0 Å². The molecule has 35 heavy (non-hydrogen) atoms. The van der Waals surface area contributed by atoms with E-state index in [0.717, 1.165) is 23.1 Å². The SMILES string of the molecule is COc1cc2c(cc1OC)C(c1ccc(C(=O)Nc3ccc(C(N)=O)cc3)cc1)=CN(C)C(C)C2. The number of nitrogens with one attached hydrogen (secondary N) is 1. The summed E-state index contributed by atoms with van der Waals surface area (Å²) in [6, 6.07) is 18.3. The van der Waals surface area contributed by atoms with Crippen molar-refractivity contribution in [3.8, 4) is 11.5 Å². The largest absolute Gasteiger partial charge is 0.493 e. The second-order valence-electron chi connectivity index (χ2n) is 8.60. The lowest BCUT2D eigenvalue weighted by molar-refractivity contribution is 0.0998. The van der Waals surface area contributed by atoms with Crippen molar-refractivity contribution >= 4 is 23.1 Å². The summed E-state index contributed by atoms with van der Waals surface area (Å²) in [4.78, 5) is 26.2. The number of fused-ring (bicyclic) bond motifs is 1. The van der Waals surface area contributed by atoms with E-state index < -0.39 is 5.91 Å². The first kappa shape index (κ1) is 23.9. The highest BCUT2D eigenvalue weighted by Gasteiger charge is 2.22. The van der Waals surface area contributed by atoms with Gasteiger partial charge in [-0.3, -0.25) is 9.59 Å². The number of anilines is 1. The molecule has 3 N–H and O–H groups in total. The van der Waals surface area contributed by atoms with Gasteiger partial charge in [0.1, 0.15) is 0 Å². The van der Waals surface area contributed by atoms with Crippen LogP contribution in [0.25, 0.3) is 5.57 Å². The number of nitrogens with zero attached hydrogens (tertiary/aromatic N) is 1. The normalized spacial score (nSPS) is 14.9. The summed E-state index contributed by atoms with van der Waals surface area (Å²) in [5, 5.41) is 2.85. The number of hydrogen-bond acceptors (Lipinski definition) is 5. The van der Waals surface area contributed by atoms with Crippen LogP contribution in [0.3, 0.4) is 0 Å². The number of primary amides is 1. The van der Waals surface area contributed by atoms with Gasteiger partial charge in [0.15, 0.2) is 11.5 Å². The third-order valence-corrected chi connectivity index (χ3v) is 6.33. The minimum Gasteiger partial charge on any atom is -0.493 e. The second-order valence-corrected chi connectivity index (χ2v) is 8.60. The lowest BCUT2D eigenvalue weighted by Gasteiger charge is -2.21. The Kier molecular flexibility index (Phi) is 6.78. The second kappa shape index (κ2) is 9.93. The Labute approximate surface area is 205 Å². The fourth-order valence-electron chi connectivity index (χ4n) is 4.16. The first-order chi connectivity index (χ1) is 16.8. The van der Waals surface area contributed by atoms with Crippen LogP contribution in [-0.4, -0.2) is 44.0 Å². The number of benzene rings is 3. The minimum atomic E-state index is -0.510. The van der Waals surface area contributed by atoms with Gasteiger partial charge in [-0.05, 0) is 78.6 Å². The fourth-order valence-corrected chi connectivity index (χ4v) is 4.16. The third-order valence-electron chi connectivity index (χ3n) is 6.33. The zero-order chi connectivity index (χ0) is 25.1. The molecule has 1 aliphatic heterocycles. The molecule has 1 unspecified atom stereocenters. The lowest BCUT2D eigenvalue weighted by atomic mass is 9.92. The molecule has 0 spiro atoms. The zero-order valence-corrected chi connectivity index (χ0v) is 20.3. The Morgan fingerprint density at radius 1 is 0.943 bits per heavy atom. The molecule has 0 radical (unpaired) electrons. The first-order valence-electron chi connectivity index (χ1n) is 11.3. The summed E-state index contributed by atoms with van der Waals surface area (Å²) in [5.41, 5.74) is 11.0. The van der Waals surface area contributed by atoms with Crippen LogP contribution in [0.15, 0.2) is 66.9 Å². The van der Waals surface area contributed by atoms with Crippen LogP contribution in [0.1, 0.15) is 44.3 Å². The monoisotopic (exact) mass is 471 g/mol. The highest BCUT2D eigenvalue weighted by atomic mass is 16.5. The molecule has 180 valence electrons. The topological polar surface area (TPSA) is 93.9 Å². The number of carbonyl (C=O) groups is 2. The van der Waals surface area contributed by atoms with Gasteiger partial charge in [-0.25, -0.2) is 0 Å². The molecule has 2 amide bonds. The molecule has 3 aromatic rings. The fraction of sp³-hybridized carbons (Fsp3) is 0.214. The van der Waals surface area contributed by atoms with Crippen LogP contribution in [0, 0.1) is 0 Å². The van der Waals surface area contributed by atoms with Gasteiger partial charge in [0.25, 0.3) is 5.91 Å². The highest BCUT2D eigenvalue weighted by molar-refractivity contribution is 6.04. The third kappa shape index (κ3) is 4.99. The molecule has 3 aromatic carbocycles. The van der Waals surface area contributed by atoms with Crippen LogP contribution in [0.5, 0.6) is 11.5 Å². The number of rotatable bonds is 6. The molecule has 1 aliphatic rings. The van der Waals surface area contributed by atoms with Crippen molar-refractivity contribution in [3.05, 3.63) is 94.7 Å². The van der Waals surface area contributed by atoms with E-state index in [1.807, 2.05) is 24.3 Å². The van der Waals surface area contributed by atoms with Crippen molar-refractivity contribution in [1.29, 1.82) is 0 Å². The molecule has 7 heteroatoms. The van der Waals surface area contributed by atoms with E-state index in [4.69, 9.17) is 15.2 Å². The van der Waals surface area contributed by atoms with E-state index in [1.165, 1.54) is 5.56 Å². The maximum Gasteiger partial charge on any atom is 0.255 e. The molecule has 0 aromatic heterocycles. The molecule has 1 heterocycles. The van der Waals surface area contributed by atoms with Crippen molar-refractivity contribution in [1.82, 2.24) is 4.90 Å². The predicted octanol–water partition coefficient (Wildman–Crippen LogP) is 4.32. The van der Waals surface area contributed by atoms with E-state index in [9.17, 15) is 9.59 Å². The smallest absolute Gasteiger partial charge is 0.255 e. The van der Waals surface area contributed by atoms with Gasteiger partial charge in [-0.15, -0.1) is 0 Å². The van der Waals surface area contributed by atoms with Crippen LogP contribution in [0.4, 0.5) is 5.69 Å². The predicted molar refractivity (Wildman–Crippen MR) is 137 cm³/mol. The number of ether oxygens (including phenoxy) is 2. The molecular formula is C28H29N3O4. The van der Waals surface area contributed by atoms with Gasteiger partial charge in [-0.2, -0.15) is 0 Å². The standard InChI is InChI=1S/C28H29N3O4/c1-17-13-21-14-25(34-3)26(35-4)15-23(21)24(16-31(17)2)18-5-7-20(8-6-18)28(33)30-22-11-9-19(10-12-22)27(29)32/h5-12,14-17H,13H2,1-4H3,(H2,29,32)(H,30,33). The maximum absolute atomic E-state index is 12.8. The molecule has 0 aliphatic carbocycles. The minimum absolute atomic E-state index is 0.240. The number of carbonyl (C=O) groups excluding carboxylic acids is 2. The number of likely N-dealkylation sites (N-methyl/N-ethyl adjacent to an activating group) is 1. The van der Waals surface area contributed by atoms with Gasteiger partial charge in [-0.1, -0.05) is 12.1 Å². The quantitative estimate of drug-likeness (QED) is 0.558. The number of amides is 2. The van der Waals surface area contributed by atoms with E-state index >= 15 is 0 Å². The molecular weight excluding hydrogens is 442 g/mol. The van der Waals surface area contributed by atoms with Crippen LogP contribution >= 0.6 is 0 Å². The van der Waals surface area contributed by atoms with Crippen molar-refractivity contribution in [2.24, 2.45) is 5.73 Å². The first-order valence-corrected chi connectivity index (χ1v) is 11.3. The molecule has 0 saturated carbocycles. The summed E-state index contributed by atoms with van der Waals surface area (Å²) in [7, 11) is 5.34. The summed E-state index contributed by atoms with van der Waals surface area (Å²) in [5.74, 6) is 0.630. The van der Waals surface area contributed by atoms with E-state index in [2.05, 4.69) is 30.4 Å². The average molecular weight is 472 g/mol. The number of hydrogen-bond donors (Lipinski definition) is 2. The van der Waals surface area contributed by atoms with Crippen molar-refractivity contribution < 1.29 is 19.1 Å². The Hall–Kier alpha value is -4.26. The van der Waals surface area contributed by atoms with Gasteiger partial charge < -0.3 is 25.4 Å². The van der Waals surface area contributed by atoms with Gasteiger partial charge in [0.05, 0.1) is 14.2 Å². The Bertz CT molecular complexity index is 1280. The van der Waals surface area contributed by atoms with Crippen LogP contribution in [-0.2, 0) is 6.42 Å². The van der Waals surface area contributed by atoms with Crippen molar-refractivity contribution in [2.75, 3.05) is 26.6 Å². The van der Waals surface area contributed by atoms with Gasteiger partial charge >= 0.3 is 0 Å². The lowest BCUT2D eigenvalue weighted by Crippen LogP contribution is -2.24. The van der Waals surface area contributed by atoms with E-state index in [-0.39, 0.29) is 5.91 Å².